The van der Waals surface area contributed by atoms with E-state index in [4.69, 9.17) is 4.74 Å². The quantitative estimate of drug-likeness (QED) is 0.662. The Morgan fingerprint density at radius 3 is 2.71 bits per heavy atom. The molecule has 0 aromatic carbocycles. The lowest BCUT2D eigenvalue weighted by Crippen LogP contribution is -2.42. The molecule has 166 valence electrons. The Labute approximate surface area is 182 Å². The van der Waals surface area contributed by atoms with Gasteiger partial charge in [-0.1, -0.05) is 19.8 Å². The normalized spacial score (nSPS) is 19.7. The fourth-order valence-electron chi connectivity index (χ4n) is 4.27. The van der Waals surface area contributed by atoms with Crippen LogP contribution in [-0.4, -0.2) is 58.6 Å². The highest BCUT2D eigenvalue weighted by atomic mass is 32.2. The highest BCUT2D eigenvalue weighted by Crippen LogP contribution is 2.38. The van der Waals surface area contributed by atoms with Crippen LogP contribution in [0.3, 0.4) is 0 Å². The molecule has 1 saturated heterocycles. The van der Waals surface area contributed by atoms with E-state index in [2.05, 4.69) is 38.5 Å². The zero-order chi connectivity index (χ0) is 21.9. The Morgan fingerprint density at radius 1 is 1.32 bits per heavy atom. The van der Waals surface area contributed by atoms with Crippen molar-refractivity contribution in [2.24, 2.45) is 5.41 Å². The highest BCUT2D eigenvalue weighted by molar-refractivity contribution is 7.89. The maximum atomic E-state index is 12.6. The number of nitrogens with one attached hydrogen (secondary N) is 2. The van der Waals surface area contributed by atoms with Gasteiger partial charge in [0.25, 0.3) is 0 Å². The third kappa shape index (κ3) is 4.65. The summed E-state index contributed by atoms with van der Waals surface area (Å²) in [5.74, 6) is 0.730. The number of aromatic nitrogens is 4. The molecule has 0 bridgehead atoms. The van der Waals surface area contributed by atoms with Gasteiger partial charge >= 0.3 is 0 Å². The fourth-order valence-corrected chi connectivity index (χ4v) is 5.64. The van der Waals surface area contributed by atoms with Gasteiger partial charge in [-0.2, -0.15) is 14.7 Å². The summed E-state index contributed by atoms with van der Waals surface area (Å²) in [7, 11) is -3.54. The molecule has 0 atom stereocenters. The number of ether oxygens (including phenoxy) is 1. The second-order valence-corrected chi connectivity index (χ2v) is 10.5. The largest absolute Gasteiger partial charge is 0.476 e. The van der Waals surface area contributed by atoms with Crippen LogP contribution in [0.4, 0.5) is 5.82 Å². The molecular weight excluding hydrogens is 418 g/mol. The van der Waals surface area contributed by atoms with Gasteiger partial charge in [-0.15, -0.1) is 0 Å². The minimum atomic E-state index is -3.54. The Morgan fingerprint density at radius 2 is 2.06 bits per heavy atom. The van der Waals surface area contributed by atoms with E-state index >= 15 is 0 Å². The van der Waals surface area contributed by atoms with Crippen molar-refractivity contribution in [3.63, 3.8) is 0 Å². The van der Waals surface area contributed by atoms with Crippen LogP contribution in [0.5, 0.6) is 5.88 Å². The van der Waals surface area contributed by atoms with Crippen molar-refractivity contribution in [2.75, 3.05) is 25.0 Å². The molecule has 0 amide bonds. The summed E-state index contributed by atoms with van der Waals surface area (Å²) in [5.41, 5.74) is 0.413. The zero-order valence-electron chi connectivity index (χ0n) is 17.5. The van der Waals surface area contributed by atoms with Crippen molar-refractivity contribution >= 4 is 15.8 Å². The molecule has 2 fully saturated rings. The second kappa shape index (κ2) is 8.80. The van der Waals surface area contributed by atoms with E-state index in [1.54, 1.807) is 0 Å². The lowest BCUT2D eigenvalue weighted by atomic mass is 9.90. The molecule has 4 rings (SSSR count). The molecule has 10 nitrogen and oxygen atoms in total. The molecule has 0 unspecified atom stereocenters. The Kier molecular flexibility index (Phi) is 6.11. The molecule has 2 aromatic rings. The average Bonchev–Trinajstić information content (AvgIpc) is 3.46. The monoisotopic (exact) mass is 445 g/mol. The van der Waals surface area contributed by atoms with Crippen LogP contribution in [0.25, 0.3) is 0 Å². The molecule has 2 aromatic heterocycles. The minimum Gasteiger partial charge on any atom is -0.476 e. The Balaban J connectivity index is 1.39. The van der Waals surface area contributed by atoms with Gasteiger partial charge in [-0.05, 0) is 25.7 Å². The zero-order valence-corrected chi connectivity index (χ0v) is 18.4. The molecule has 2 aliphatic rings. The van der Waals surface area contributed by atoms with Crippen LogP contribution >= 0.6 is 0 Å². The first-order valence-electron chi connectivity index (χ1n) is 10.5. The van der Waals surface area contributed by atoms with Crippen LogP contribution in [-0.2, 0) is 10.0 Å². The summed E-state index contributed by atoms with van der Waals surface area (Å²) in [6, 6.07) is 2.16. The average molecular weight is 446 g/mol. The smallest absolute Gasteiger partial charge is 0.246 e. The van der Waals surface area contributed by atoms with Gasteiger partial charge in [-0.3, -0.25) is 5.10 Å². The van der Waals surface area contributed by atoms with Gasteiger partial charge in [0.1, 0.15) is 17.3 Å². The third-order valence-electron chi connectivity index (χ3n) is 6.20. The number of nitriles is 1. The number of aromatic amines is 1. The topological polar surface area (TPSA) is 137 Å². The van der Waals surface area contributed by atoms with Crippen molar-refractivity contribution in [3.05, 3.63) is 24.3 Å². The predicted octanol–water partition coefficient (Wildman–Crippen LogP) is 2.30. The summed E-state index contributed by atoms with van der Waals surface area (Å²) in [6.45, 7) is 3.49. The van der Waals surface area contributed by atoms with E-state index < -0.39 is 10.0 Å². The maximum absolute atomic E-state index is 12.6. The van der Waals surface area contributed by atoms with E-state index in [1.807, 2.05) is 0 Å². The Hall–Kier alpha value is -2.71. The van der Waals surface area contributed by atoms with Crippen LogP contribution in [0.1, 0.15) is 51.0 Å². The summed E-state index contributed by atoms with van der Waals surface area (Å²) in [5, 5.41) is 19.3. The summed E-state index contributed by atoms with van der Waals surface area (Å²) < 4.78 is 32.7. The molecule has 1 saturated carbocycles. The van der Waals surface area contributed by atoms with E-state index in [0.29, 0.717) is 44.2 Å². The summed E-state index contributed by atoms with van der Waals surface area (Å²) in [4.78, 5) is 8.58. The molecule has 0 spiro atoms. The first-order valence-corrected chi connectivity index (χ1v) is 12.0. The van der Waals surface area contributed by atoms with Crippen LogP contribution in [0.2, 0.25) is 0 Å². The maximum Gasteiger partial charge on any atom is 0.246 e. The molecule has 1 aliphatic heterocycles. The minimum absolute atomic E-state index is 0.00185. The second-order valence-electron chi connectivity index (χ2n) is 8.58. The highest BCUT2D eigenvalue weighted by Gasteiger charge is 2.32. The number of hydrogen-bond donors (Lipinski definition) is 2. The first-order chi connectivity index (χ1) is 14.9. The van der Waals surface area contributed by atoms with Crippen LogP contribution < -0.4 is 10.1 Å². The summed E-state index contributed by atoms with van der Waals surface area (Å²) >= 11 is 0. The van der Waals surface area contributed by atoms with Crippen molar-refractivity contribution in [1.29, 1.82) is 5.26 Å². The molecule has 11 heteroatoms. The van der Waals surface area contributed by atoms with Crippen molar-refractivity contribution in [2.45, 2.75) is 56.4 Å². The standard InChI is InChI=1S/C20H27N7O3S/c1-20(6-2-3-7-20)13-30-19-17(10-21)18(22-14-23-19)26-15-4-8-27(9-5-15)31(28,29)16-11-24-25-12-16/h11-12,14-15H,2-9,13H2,1H3,(H,24,25)(H,22,23,26). The number of rotatable bonds is 7. The van der Waals surface area contributed by atoms with Crippen LogP contribution in [0.15, 0.2) is 23.6 Å². The van der Waals surface area contributed by atoms with Gasteiger partial charge in [0.05, 0.1) is 12.8 Å². The van der Waals surface area contributed by atoms with Gasteiger partial charge in [0, 0.05) is 30.7 Å². The Bertz CT molecular complexity index is 1040. The molecule has 2 N–H and O–H groups in total. The lowest BCUT2D eigenvalue weighted by Gasteiger charge is -2.31. The van der Waals surface area contributed by atoms with Gasteiger partial charge in [0.15, 0.2) is 11.4 Å². The number of hydrogen-bond acceptors (Lipinski definition) is 8. The number of anilines is 1. The molecule has 1 aliphatic carbocycles. The number of piperidine rings is 1. The van der Waals surface area contributed by atoms with E-state index in [1.165, 1.54) is 35.9 Å². The van der Waals surface area contributed by atoms with Gasteiger partial charge < -0.3 is 10.1 Å². The third-order valence-corrected chi connectivity index (χ3v) is 8.06. The fraction of sp³-hybridized carbons (Fsp3) is 0.600. The van der Waals surface area contributed by atoms with E-state index in [9.17, 15) is 13.7 Å². The molecule has 0 radical (unpaired) electrons. The predicted molar refractivity (Wildman–Crippen MR) is 113 cm³/mol. The molecule has 31 heavy (non-hydrogen) atoms. The number of H-pyrrole nitrogens is 1. The van der Waals surface area contributed by atoms with Crippen molar-refractivity contribution in [3.8, 4) is 11.9 Å². The van der Waals surface area contributed by atoms with Crippen molar-refractivity contribution in [1.82, 2.24) is 24.5 Å². The van der Waals surface area contributed by atoms with Gasteiger partial charge in [-0.25, -0.2) is 18.4 Å². The van der Waals surface area contributed by atoms with E-state index in [-0.39, 0.29) is 21.9 Å². The SMILES string of the molecule is CC1(COc2ncnc(NC3CCN(S(=O)(=O)c4cn[nH]c4)CC3)c2C#N)CCCC1. The number of sulfonamides is 1. The van der Waals surface area contributed by atoms with Crippen molar-refractivity contribution < 1.29 is 13.2 Å². The first kappa shape index (κ1) is 21.5. The number of nitrogens with zero attached hydrogens (tertiary/aromatic N) is 5. The summed E-state index contributed by atoms with van der Waals surface area (Å²) in [6.07, 6.45) is 9.93. The lowest BCUT2D eigenvalue weighted by molar-refractivity contribution is 0.162. The van der Waals surface area contributed by atoms with Gasteiger partial charge in [0.2, 0.25) is 15.9 Å². The van der Waals surface area contributed by atoms with E-state index in [0.717, 1.165) is 12.8 Å². The molecular formula is C20H27N7O3S. The van der Waals surface area contributed by atoms with Crippen LogP contribution in [0, 0.1) is 16.7 Å². The molecule has 3 heterocycles.